The lowest BCUT2D eigenvalue weighted by Gasteiger charge is -2.36. The lowest BCUT2D eigenvalue weighted by molar-refractivity contribution is -0.123. The largest absolute Gasteiger partial charge is 0.495 e. The van der Waals surface area contributed by atoms with Gasteiger partial charge in [0.2, 0.25) is 5.91 Å². The van der Waals surface area contributed by atoms with Crippen LogP contribution in [0.3, 0.4) is 0 Å². The summed E-state index contributed by atoms with van der Waals surface area (Å²) in [6.07, 6.45) is 1.03. The number of nitrogens with zero attached hydrogens (tertiary/aromatic N) is 2. The van der Waals surface area contributed by atoms with Gasteiger partial charge in [0.15, 0.2) is 0 Å². The number of nitrogens with one attached hydrogen (secondary N) is 1. The van der Waals surface area contributed by atoms with E-state index in [1.165, 1.54) is 5.56 Å². The van der Waals surface area contributed by atoms with Gasteiger partial charge >= 0.3 is 0 Å². The zero-order valence-corrected chi connectivity index (χ0v) is 17.1. The molecule has 3 rings (SSSR count). The van der Waals surface area contributed by atoms with Crippen LogP contribution in [-0.4, -0.2) is 50.6 Å². The Bertz CT molecular complexity index is 768. The number of carbonyl (C=O) groups is 1. The number of anilines is 1. The highest BCUT2D eigenvalue weighted by atomic mass is 16.5. The van der Waals surface area contributed by atoms with E-state index in [-0.39, 0.29) is 11.9 Å². The molecule has 1 N–H and O–H groups in total. The van der Waals surface area contributed by atoms with Crippen LogP contribution in [0.15, 0.2) is 48.5 Å². The zero-order chi connectivity index (χ0) is 19.9. The van der Waals surface area contributed by atoms with Crippen LogP contribution in [0, 0.1) is 0 Å². The van der Waals surface area contributed by atoms with Crippen LogP contribution < -0.4 is 15.0 Å². The van der Waals surface area contributed by atoms with E-state index in [2.05, 4.69) is 52.4 Å². The molecule has 150 valence electrons. The van der Waals surface area contributed by atoms with E-state index in [4.69, 9.17) is 4.74 Å². The first-order valence-electron chi connectivity index (χ1n) is 10.1. The van der Waals surface area contributed by atoms with Crippen molar-refractivity contribution in [3.05, 3.63) is 59.7 Å². The first-order valence-corrected chi connectivity index (χ1v) is 10.1. The first-order chi connectivity index (χ1) is 13.6. The average Bonchev–Trinajstić information content (AvgIpc) is 2.74. The molecule has 0 radical (unpaired) electrons. The number of hydrogen-bond acceptors (Lipinski definition) is 4. The minimum absolute atomic E-state index is 0.0216. The molecule has 2 aromatic carbocycles. The average molecular weight is 382 g/mol. The van der Waals surface area contributed by atoms with Crippen LogP contribution in [0.2, 0.25) is 0 Å². The van der Waals surface area contributed by atoms with Gasteiger partial charge in [-0.2, -0.15) is 0 Å². The smallest absolute Gasteiger partial charge is 0.234 e. The lowest BCUT2D eigenvalue weighted by Crippen LogP contribution is -2.49. The number of amides is 1. The summed E-state index contributed by atoms with van der Waals surface area (Å²) in [5, 5.41) is 3.13. The number of aryl methyl sites for hydroxylation is 1. The van der Waals surface area contributed by atoms with Gasteiger partial charge in [-0.25, -0.2) is 0 Å². The fourth-order valence-corrected chi connectivity index (χ4v) is 3.65. The van der Waals surface area contributed by atoms with Crippen molar-refractivity contribution in [3.8, 4) is 5.75 Å². The van der Waals surface area contributed by atoms with Gasteiger partial charge in [0.1, 0.15) is 5.75 Å². The Morgan fingerprint density at radius 2 is 1.75 bits per heavy atom. The quantitative estimate of drug-likeness (QED) is 0.800. The molecule has 1 saturated heterocycles. The van der Waals surface area contributed by atoms with E-state index >= 15 is 0 Å². The van der Waals surface area contributed by atoms with Crippen molar-refractivity contribution >= 4 is 11.6 Å². The number of rotatable bonds is 7. The Morgan fingerprint density at radius 1 is 1.07 bits per heavy atom. The Kier molecular flexibility index (Phi) is 6.93. The highest BCUT2D eigenvalue weighted by Crippen LogP contribution is 2.28. The van der Waals surface area contributed by atoms with Crippen molar-refractivity contribution in [1.82, 2.24) is 10.2 Å². The number of ether oxygens (including phenoxy) is 1. The summed E-state index contributed by atoms with van der Waals surface area (Å²) in [4.78, 5) is 17.0. The summed E-state index contributed by atoms with van der Waals surface area (Å²) in [6.45, 7) is 8.14. The number of carbonyl (C=O) groups excluding carboxylic acids is 1. The van der Waals surface area contributed by atoms with Crippen LogP contribution in [0.1, 0.15) is 31.0 Å². The molecule has 1 aliphatic rings. The number of methoxy groups -OCH3 is 1. The summed E-state index contributed by atoms with van der Waals surface area (Å²) < 4.78 is 5.47. The molecular weight excluding hydrogens is 350 g/mol. The molecule has 2 aromatic rings. The first kappa shape index (κ1) is 20.2. The summed E-state index contributed by atoms with van der Waals surface area (Å²) in [5.41, 5.74) is 3.58. The van der Waals surface area contributed by atoms with Gasteiger partial charge in [-0.05, 0) is 36.6 Å². The standard InChI is InChI=1S/C23H31N3O2/c1-4-19-9-11-20(12-10-19)18(2)24-23(27)17-25-13-15-26(16-14-25)21-7-5-6-8-22(21)28-3/h5-12,18H,4,13-17H2,1-3H3,(H,24,27). The Labute approximate surface area is 168 Å². The normalized spacial score (nSPS) is 15.9. The molecule has 1 unspecified atom stereocenters. The predicted molar refractivity (Wildman–Crippen MR) is 114 cm³/mol. The molecule has 0 aliphatic carbocycles. The SMILES string of the molecule is CCc1ccc(C(C)NC(=O)CN2CCN(c3ccccc3OC)CC2)cc1. The topological polar surface area (TPSA) is 44.8 Å². The third-order valence-corrected chi connectivity index (χ3v) is 5.43. The van der Waals surface area contributed by atoms with E-state index in [1.54, 1.807) is 7.11 Å². The third-order valence-electron chi connectivity index (χ3n) is 5.43. The Hall–Kier alpha value is -2.53. The summed E-state index contributed by atoms with van der Waals surface area (Å²) in [7, 11) is 1.70. The Morgan fingerprint density at radius 3 is 2.39 bits per heavy atom. The molecule has 1 amide bonds. The Balaban J connectivity index is 1.48. The van der Waals surface area contributed by atoms with Crippen molar-refractivity contribution in [2.75, 3.05) is 44.7 Å². The molecule has 28 heavy (non-hydrogen) atoms. The highest BCUT2D eigenvalue weighted by molar-refractivity contribution is 5.78. The van der Waals surface area contributed by atoms with E-state index in [0.29, 0.717) is 6.54 Å². The van der Waals surface area contributed by atoms with Gasteiger partial charge in [-0.15, -0.1) is 0 Å². The maximum Gasteiger partial charge on any atom is 0.234 e. The van der Waals surface area contributed by atoms with Crippen LogP contribution in [0.4, 0.5) is 5.69 Å². The molecule has 5 heteroatoms. The van der Waals surface area contributed by atoms with E-state index in [1.807, 2.05) is 25.1 Å². The van der Waals surface area contributed by atoms with Gasteiger partial charge in [-0.1, -0.05) is 43.3 Å². The summed E-state index contributed by atoms with van der Waals surface area (Å²) in [6, 6.07) is 16.6. The van der Waals surface area contributed by atoms with E-state index < -0.39 is 0 Å². The van der Waals surface area contributed by atoms with Crippen molar-refractivity contribution < 1.29 is 9.53 Å². The van der Waals surface area contributed by atoms with Crippen molar-refractivity contribution in [2.45, 2.75) is 26.3 Å². The van der Waals surface area contributed by atoms with Gasteiger partial charge < -0.3 is 15.0 Å². The minimum Gasteiger partial charge on any atom is -0.495 e. The van der Waals surface area contributed by atoms with Crippen molar-refractivity contribution in [2.24, 2.45) is 0 Å². The third kappa shape index (κ3) is 5.04. The fourth-order valence-electron chi connectivity index (χ4n) is 3.65. The molecule has 1 heterocycles. The second-order valence-electron chi connectivity index (χ2n) is 7.32. The van der Waals surface area contributed by atoms with Crippen molar-refractivity contribution in [3.63, 3.8) is 0 Å². The van der Waals surface area contributed by atoms with Crippen molar-refractivity contribution in [1.29, 1.82) is 0 Å². The fraction of sp³-hybridized carbons (Fsp3) is 0.435. The van der Waals surface area contributed by atoms with Crippen LogP contribution in [-0.2, 0) is 11.2 Å². The van der Waals surface area contributed by atoms with E-state index in [9.17, 15) is 4.79 Å². The number of hydrogen-bond donors (Lipinski definition) is 1. The molecule has 1 atom stereocenters. The maximum absolute atomic E-state index is 12.5. The lowest BCUT2D eigenvalue weighted by atomic mass is 10.0. The van der Waals surface area contributed by atoms with Crippen LogP contribution >= 0.6 is 0 Å². The molecule has 5 nitrogen and oxygen atoms in total. The number of para-hydroxylation sites is 2. The number of benzene rings is 2. The monoisotopic (exact) mass is 381 g/mol. The number of piperazine rings is 1. The van der Waals surface area contributed by atoms with Crippen LogP contribution in [0.25, 0.3) is 0 Å². The van der Waals surface area contributed by atoms with Gasteiger partial charge in [0.25, 0.3) is 0 Å². The van der Waals surface area contributed by atoms with Gasteiger partial charge in [-0.3, -0.25) is 9.69 Å². The molecule has 0 saturated carbocycles. The predicted octanol–water partition coefficient (Wildman–Crippen LogP) is 3.26. The van der Waals surface area contributed by atoms with E-state index in [0.717, 1.165) is 49.6 Å². The maximum atomic E-state index is 12.5. The minimum atomic E-state index is 0.0216. The molecule has 1 aliphatic heterocycles. The summed E-state index contributed by atoms with van der Waals surface area (Å²) >= 11 is 0. The van der Waals surface area contributed by atoms with Gasteiger partial charge in [0.05, 0.1) is 25.4 Å². The zero-order valence-electron chi connectivity index (χ0n) is 17.1. The van der Waals surface area contributed by atoms with Gasteiger partial charge in [0, 0.05) is 26.2 Å². The molecule has 1 fully saturated rings. The molecule has 0 bridgehead atoms. The molecule has 0 aromatic heterocycles. The highest BCUT2D eigenvalue weighted by Gasteiger charge is 2.21. The van der Waals surface area contributed by atoms with Crippen LogP contribution in [0.5, 0.6) is 5.75 Å². The second-order valence-corrected chi connectivity index (χ2v) is 7.32. The second kappa shape index (κ2) is 9.60. The molecule has 0 spiro atoms. The molecular formula is C23H31N3O2. The summed E-state index contributed by atoms with van der Waals surface area (Å²) in [5.74, 6) is 0.981.